The lowest BCUT2D eigenvalue weighted by Gasteiger charge is -2.27. The number of amides is 9. The van der Waals surface area contributed by atoms with Crippen LogP contribution in [0, 0.1) is 17.8 Å². The van der Waals surface area contributed by atoms with Crippen molar-refractivity contribution in [2.75, 3.05) is 6.54 Å². The normalized spacial score (nSPS) is 15.6. The number of nitrogens with one attached hydrogen (secondary N) is 7. The lowest BCUT2D eigenvalue weighted by molar-refractivity contribution is -0.136. The summed E-state index contributed by atoms with van der Waals surface area (Å²) in [6.45, 7) is 5.20. The summed E-state index contributed by atoms with van der Waals surface area (Å²) < 4.78 is 0. The maximum atomic E-state index is 14.4. The first-order valence-electron chi connectivity index (χ1n) is 22.5. The standard InChI is InChI=1S/C46H68N10O9/c1-4-28(2)39(41(49)60)54-45(64)36(27-37(48)58)53-43(62)34(22-12-7-15-23-47)51-44(63)35(25-31-18-10-6-11-19-31)52-42(61)33(24-30-16-8-5-9-17-30)26-38(59)55-56-46(65)40(50-29(3)57)32-20-13-14-21-32/h5-6,8-11,16-19,28,32-36,39-40H,4,7,12-15,20-27,47H2,1-3H3,(H2,48,58)(H2,49,60)(H,50,57)(H,51,63)(H,52,61)(H,53,62)(H,54,64)(H,55,59)(H,56,65)/t28?,33-,34+,35+,36+,39+,40+/m1/s1. The summed E-state index contributed by atoms with van der Waals surface area (Å²) in [5, 5.41) is 13.2. The van der Waals surface area contributed by atoms with Gasteiger partial charge in [-0.05, 0) is 61.6 Å². The molecular formula is C46H68N10O9. The van der Waals surface area contributed by atoms with Crippen LogP contribution in [0.5, 0.6) is 0 Å². The lowest BCUT2D eigenvalue weighted by Crippen LogP contribution is -2.59. The highest BCUT2D eigenvalue weighted by molar-refractivity contribution is 5.97. The van der Waals surface area contributed by atoms with Gasteiger partial charge in [-0.15, -0.1) is 0 Å². The van der Waals surface area contributed by atoms with Crippen LogP contribution in [0.4, 0.5) is 0 Å². The van der Waals surface area contributed by atoms with E-state index in [4.69, 9.17) is 17.2 Å². The summed E-state index contributed by atoms with van der Waals surface area (Å²) in [5.74, 6) is -8.04. The zero-order valence-corrected chi connectivity index (χ0v) is 37.7. The predicted octanol–water partition coefficient (Wildman–Crippen LogP) is 0.185. The fraction of sp³-hybridized carbons (Fsp3) is 0.543. The molecule has 0 heterocycles. The molecule has 0 bridgehead atoms. The molecule has 19 nitrogen and oxygen atoms in total. The van der Waals surface area contributed by atoms with Crippen molar-refractivity contribution in [3.8, 4) is 0 Å². The molecule has 13 N–H and O–H groups in total. The number of carbonyl (C=O) groups is 9. The molecule has 1 unspecified atom stereocenters. The molecule has 1 aliphatic carbocycles. The Bertz CT molecular complexity index is 1910. The van der Waals surface area contributed by atoms with Crippen molar-refractivity contribution in [3.05, 3.63) is 71.8 Å². The van der Waals surface area contributed by atoms with Crippen LogP contribution in [0.3, 0.4) is 0 Å². The molecule has 0 saturated heterocycles. The van der Waals surface area contributed by atoms with Gasteiger partial charge in [0.25, 0.3) is 5.91 Å². The lowest BCUT2D eigenvalue weighted by atomic mass is 9.94. The number of hydrazine groups is 1. The first-order chi connectivity index (χ1) is 31.0. The van der Waals surface area contributed by atoms with E-state index in [-0.39, 0.29) is 37.0 Å². The molecule has 0 spiro atoms. The topological polar surface area (TPSA) is 316 Å². The molecule has 9 amide bonds. The molecule has 2 aromatic carbocycles. The Morgan fingerprint density at radius 3 is 1.74 bits per heavy atom. The van der Waals surface area contributed by atoms with Gasteiger partial charge in [-0.2, -0.15) is 0 Å². The second-order valence-electron chi connectivity index (χ2n) is 16.8. The number of primary amides is 2. The monoisotopic (exact) mass is 905 g/mol. The van der Waals surface area contributed by atoms with Crippen LogP contribution >= 0.6 is 0 Å². The number of carbonyl (C=O) groups excluding carboxylic acids is 9. The van der Waals surface area contributed by atoms with E-state index >= 15 is 0 Å². The Balaban J connectivity index is 1.88. The Hall–Kier alpha value is -6.37. The molecule has 3 rings (SSSR count). The van der Waals surface area contributed by atoms with E-state index in [0.717, 1.165) is 31.2 Å². The van der Waals surface area contributed by atoms with Crippen LogP contribution in [-0.2, 0) is 56.0 Å². The SMILES string of the molecule is CCC(C)[C@H](NC(=O)[C@H](CC(N)=O)NC(=O)[C@H](CCCCCN)NC(=O)[C@H](Cc1ccccc1)NC(=O)[C@@H](CC(=O)NNC(=O)[C@@H](NC(C)=O)C1CCCC1)Cc1ccccc1)C(N)=O. The van der Waals surface area contributed by atoms with E-state index in [1.54, 1.807) is 74.5 Å². The predicted molar refractivity (Wildman–Crippen MR) is 242 cm³/mol. The van der Waals surface area contributed by atoms with Gasteiger partial charge in [0.05, 0.1) is 12.3 Å². The second kappa shape index (κ2) is 27.7. The van der Waals surface area contributed by atoms with Crippen LogP contribution in [0.2, 0.25) is 0 Å². The van der Waals surface area contributed by atoms with Crippen molar-refractivity contribution >= 4 is 53.2 Å². The number of unbranched alkanes of at least 4 members (excludes halogenated alkanes) is 2. The maximum absolute atomic E-state index is 14.4. The third-order valence-corrected chi connectivity index (χ3v) is 11.6. The smallest absolute Gasteiger partial charge is 0.261 e. The van der Waals surface area contributed by atoms with Gasteiger partial charge in [-0.25, -0.2) is 0 Å². The van der Waals surface area contributed by atoms with Crippen molar-refractivity contribution in [3.63, 3.8) is 0 Å². The van der Waals surface area contributed by atoms with Crippen molar-refractivity contribution in [1.29, 1.82) is 0 Å². The summed E-state index contributed by atoms with van der Waals surface area (Å²) in [6.07, 6.45) is 4.55. The zero-order chi connectivity index (χ0) is 47.9. The summed E-state index contributed by atoms with van der Waals surface area (Å²) in [5.41, 5.74) is 22.9. The Labute approximate surface area is 380 Å². The van der Waals surface area contributed by atoms with Crippen LogP contribution in [-0.4, -0.2) is 89.9 Å². The van der Waals surface area contributed by atoms with Crippen molar-refractivity contribution in [2.45, 2.75) is 134 Å². The third-order valence-electron chi connectivity index (χ3n) is 11.6. The Morgan fingerprint density at radius 2 is 1.18 bits per heavy atom. The summed E-state index contributed by atoms with van der Waals surface area (Å²) in [6, 6.07) is 11.7. The van der Waals surface area contributed by atoms with Crippen LogP contribution in [0.15, 0.2) is 60.7 Å². The van der Waals surface area contributed by atoms with E-state index in [1.807, 2.05) is 0 Å². The van der Waals surface area contributed by atoms with Gasteiger partial charge in [0.15, 0.2) is 0 Å². The van der Waals surface area contributed by atoms with Crippen molar-refractivity contribution in [1.82, 2.24) is 37.4 Å². The highest BCUT2D eigenvalue weighted by Gasteiger charge is 2.35. The molecule has 2 aromatic rings. The van der Waals surface area contributed by atoms with Gasteiger partial charge in [-0.1, -0.05) is 107 Å². The van der Waals surface area contributed by atoms with Gasteiger partial charge in [0.2, 0.25) is 47.3 Å². The highest BCUT2D eigenvalue weighted by atomic mass is 16.2. The average molecular weight is 905 g/mol. The molecule has 0 radical (unpaired) electrons. The van der Waals surface area contributed by atoms with Crippen LogP contribution < -0.4 is 54.6 Å². The van der Waals surface area contributed by atoms with Gasteiger partial charge in [-0.3, -0.25) is 54.0 Å². The minimum Gasteiger partial charge on any atom is -0.370 e. The zero-order valence-electron chi connectivity index (χ0n) is 37.7. The largest absolute Gasteiger partial charge is 0.370 e. The van der Waals surface area contributed by atoms with Gasteiger partial charge < -0.3 is 43.8 Å². The minimum absolute atomic E-state index is 0.0250. The number of hydrogen-bond acceptors (Lipinski definition) is 10. The Morgan fingerprint density at radius 1 is 0.631 bits per heavy atom. The van der Waals surface area contributed by atoms with E-state index in [1.165, 1.54) is 6.92 Å². The van der Waals surface area contributed by atoms with Crippen molar-refractivity contribution in [2.24, 2.45) is 35.0 Å². The molecular weight excluding hydrogens is 837 g/mol. The van der Waals surface area contributed by atoms with E-state index in [2.05, 4.69) is 37.4 Å². The van der Waals surface area contributed by atoms with Gasteiger partial charge >= 0.3 is 0 Å². The molecule has 356 valence electrons. The average Bonchev–Trinajstić information content (AvgIpc) is 3.82. The molecule has 0 aromatic heterocycles. The molecule has 19 heteroatoms. The summed E-state index contributed by atoms with van der Waals surface area (Å²) in [7, 11) is 0. The minimum atomic E-state index is -1.53. The van der Waals surface area contributed by atoms with Gasteiger partial charge in [0, 0.05) is 19.8 Å². The van der Waals surface area contributed by atoms with Crippen molar-refractivity contribution < 1.29 is 43.2 Å². The second-order valence-corrected chi connectivity index (χ2v) is 16.8. The molecule has 1 saturated carbocycles. The van der Waals surface area contributed by atoms with Crippen LogP contribution in [0.25, 0.3) is 0 Å². The fourth-order valence-corrected chi connectivity index (χ4v) is 7.77. The van der Waals surface area contributed by atoms with E-state index in [0.29, 0.717) is 37.8 Å². The molecule has 0 aliphatic heterocycles. The first kappa shape index (κ1) is 53.0. The first-order valence-corrected chi connectivity index (χ1v) is 22.5. The molecule has 1 aliphatic rings. The summed E-state index contributed by atoms with van der Waals surface area (Å²) in [4.78, 5) is 119. The summed E-state index contributed by atoms with van der Waals surface area (Å²) >= 11 is 0. The molecule has 65 heavy (non-hydrogen) atoms. The quantitative estimate of drug-likeness (QED) is 0.0429. The Kier molecular flexibility index (Phi) is 22.6. The maximum Gasteiger partial charge on any atom is 0.261 e. The number of benzene rings is 2. The fourth-order valence-electron chi connectivity index (χ4n) is 7.77. The highest BCUT2D eigenvalue weighted by Crippen LogP contribution is 2.28. The number of nitrogens with two attached hydrogens (primary N) is 3. The molecule has 1 fully saturated rings. The number of rotatable bonds is 27. The third kappa shape index (κ3) is 18.7. The van der Waals surface area contributed by atoms with E-state index in [9.17, 15) is 43.2 Å². The van der Waals surface area contributed by atoms with Crippen LogP contribution in [0.1, 0.15) is 103 Å². The van der Waals surface area contributed by atoms with E-state index < -0.39 is 96.2 Å². The van der Waals surface area contributed by atoms with Gasteiger partial charge in [0.1, 0.15) is 30.2 Å². The molecule has 7 atom stereocenters. The number of hydrogen-bond donors (Lipinski definition) is 10.